The van der Waals surface area contributed by atoms with Gasteiger partial charge in [-0.2, -0.15) is 5.10 Å². The number of primary amides is 1. The minimum absolute atomic E-state index is 0.244. The Morgan fingerprint density at radius 2 is 2.12 bits per heavy atom. The average Bonchev–Trinajstić information content (AvgIpc) is 3.25. The van der Waals surface area contributed by atoms with Crippen LogP contribution in [0.5, 0.6) is 0 Å². The van der Waals surface area contributed by atoms with Crippen LogP contribution in [0.25, 0.3) is 20.5 Å². The molecule has 0 radical (unpaired) electrons. The standard InChI is InChI=1S/C18H17ClN4OS/c19-12-3-1-11(2-4-12)15-8-13-14(7-10-5-6-21-9-10)22-23-16(18(20)24)17(13)25-15/h1-4,8,10,21H,5-7,9H2,(H2,20,24)/t10-/m1/s1. The molecule has 0 aliphatic carbocycles. The minimum atomic E-state index is -0.545. The number of hydrogen-bond acceptors (Lipinski definition) is 5. The largest absolute Gasteiger partial charge is 0.364 e. The van der Waals surface area contributed by atoms with E-state index in [0.29, 0.717) is 10.9 Å². The maximum absolute atomic E-state index is 11.8. The summed E-state index contributed by atoms with van der Waals surface area (Å²) in [5.41, 5.74) is 7.73. The first-order valence-electron chi connectivity index (χ1n) is 8.17. The third-order valence-corrected chi connectivity index (χ3v) is 5.98. The molecule has 2 aromatic heterocycles. The maximum Gasteiger partial charge on any atom is 0.270 e. The number of carbonyl (C=O) groups excluding carboxylic acids is 1. The Morgan fingerprint density at radius 1 is 1.32 bits per heavy atom. The lowest BCUT2D eigenvalue weighted by Gasteiger charge is -2.08. The maximum atomic E-state index is 11.8. The Hall–Kier alpha value is -2.02. The third-order valence-electron chi connectivity index (χ3n) is 4.54. The highest BCUT2D eigenvalue weighted by molar-refractivity contribution is 7.22. The fourth-order valence-electron chi connectivity index (χ4n) is 3.22. The highest BCUT2D eigenvalue weighted by Gasteiger charge is 2.21. The molecule has 4 rings (SSSR count). The fourth-order valence-corrected chi connectivity index (χ4v) is 4.52. The number of carbonyl (C=O) groups is 1. The van der Waals surface area contributed by atoms with Crippen molar-refractivity contribution in [3.63, 3.8) is 0 Å². The van der Waals surface area contributed by atoms with Crippen molar-refractivity contribution in [1.29, 1.82) is 0 Å². The van der Waals surface area contributed by atoms with Crippen LogP contribution in [0.3, 0.4) is 0 Å². The van der Waals surface area contributed by atoms with Gasteiger partial charge in [0.2, 0.25) is 0 Å². The summed E-state index contributed by atoms with van der Waals surface area (Å²) in [4.78, 5) is 12.8. The Labute approximate surface area is 154 Å². The summed E-state index contributed by atoms with van der Waals surface area (Å²) in [7, 11) is 0. The van der Waals surface area contributed by atoms with Crippen LogP contribution >= 0.6 is 22.9 Å². The summed E-state index contributed by atoms with van der Waals surface area (Å²) >= 11 is 7.50. The zero-order valence-corrected chi connectivity index (χ0v) is 15.0. The number of nitrogens with zero attached hydrogens (tertiary/aromatic N) is 2. The molecule has 1 atom stereocenters. The Bertz CT molecular complexity index is 932. The number of rotatable bonds is 4. The lowest BCUT2D eigenvalue weighted by Crippen LogP contribution is -2.16. The molecule has 1 saturated heterocycles. The zero-order valence-electron chi connectivity index (χ0n) is 13.5. The number of hydrogen-bond donors (Lipinski definition) is 2. The molecule has 1 aliphatic heterocycles. The van der Waals surface area contributed by atoms with Gasteiger partial charge in [-0.1, -0.05) is 23.7 Å². The van der Waals surface area contributed by atoms with Gasteiger partial charge < -0.3 is 11.1 Å². The van der Waals surface area contributed by atoms with Crippen LogP contribution in [0.15, 0.2) is 30.3 Å². The summed E-state index contributed by atoms with van der Waals surface area (Å²) in [6.07, 6.45) is 1.99. The van der Waals surface area contributed by atoms with Crippen LogP contribution in [-0.2, 0) is 6.42 Å². The normalized spacial score (nSPS) is 17.2. The molecule has 3 heterocycles. The van der Waals surface area contributed by atoms with Gasteiger partial charge in [0.25, 0.3) is 5.91 Å². The second-order valence-electron chi connectivity index (χ2n) is 6.28. The second kappa shape index (κ2) is 6.71. The van der Waals surface area contributed by atoms with Crippen LogP contribution in [0.4, 0.5) is 0 Å². The number of nitrogens with two attached hydrogens (primary N) is 1. The number of nitrogens with one attached hydrogen (secondary N) is 1. The van der Waals surface area contributed by atoms with Gasteiger partial charge in [0.15, 0.2) is 5.69 Å². The molecule has 0 spiro atoms. The number of thiophene rings is 1. The number of benzene rings is 1. The number of aromatic nitrogens is 2. The lowest BCUT2D eigenvalue weighted by atomic mass is 10.0. The van der Waals surface area contributed by atoms with E-state index in [1.807, 2.05) is 24.3 Å². The molecule has 1 fully saturated rings. The first kappa shape index (κ1) is 16.4. The van der Waals surface area contributed by atoms with E-state index in [1.165, 1.54) is 11.3 Å². The highest BCUT2D eigenvalue weighted by Crippen LogP contribution is 2.37. The quantitative estimate of drug-likeness (QED) is 0.736. The molecule has 7 heteroatoms. The topological polar surface area (TPSA) is 80.9 Å². The summed E-state index contributed by atoms with van der Waals surface area (Å²) in [5, 5.41) is 13.5. The van der Waals surface area contributed by atoms with E-state index in [1.54, 1.807) is 0 Å². The Kier molecular flexibility index (Phi) is 4.41. The van der Waals surface area contributed by atoms with Crippen molar-refractivity contribution < 1.29 is 4.79 Å². The number of fused-ring (bicyclic) bond motifs is 1. The SMILES string of the molecule is NC(=O)c1nnc(C[C@H]2CCNC2)c2cc(-c3ccc(Cl)cc3)sc12. The number of halogens is 1. The molecule has 128 valence electrons. The molecular formula is C18H17ClN4OS. The van der Waals surface area contributed by atoms with Crippen LogP contribution < -0.4 is 11.1 Å². The molecule has 3 aromatic rings. The zero-order chi connectivity index (χ0) is 17.4. The van der Waals surface area contributed by atoms with E-state index in [2.05, 4.69) is 21.6 Å². The molecule has 3 N–H and O–H groups in total. The van der Waals surface area contributed by atoms with Gasteiger partial charge in [-0.15, -0.1) is 16.4 Å². The van der Waals surface area contributed by atoms with Crippen LogP contribution in [0.1, 0.15) is 22.6 Å². The first-order valence-corrected chi connectivity index (χ1v) is 9.37. The van der Waals surface area contributed by atoms with Gasteiger partial charge in [-0.3, -0.25) is 4.79 Å². The first-order chi connectivity index (χ1) is 12.1. The Morgan fingerprint density at radius 3 is 2.80 bits per heavy atom. The summed E-state index contributed by atoms with van der Waals surface area (Å²) in [6.45, 7) is 2.04. The van der Waals surface area contributed by atoms with Crippen molar-refractivity contribution in [3.05, 3.63) is 46.7 Å². The van der Waals surface area contributed by atoms with Crippen molar-refractivity contribution in [2.24, 2.45) is 11.7 Å². The van der Waals surface area contributed by atoms with Gasteiger partial charge in [-0.05, 0) is 55.6 Å². The van der Waals surface area contributed by atoms with E-state index in [4.69, 9.17) is 17.3 Å². The van der Waals surface area contributed by atoms with Crippen LogP contribution in [0.2, 0.25) is 5.02 Å². The van der Waals surface area contributed by atoms with Gasteiger partial charge in [0.05, 0.1) is 10.4 Å². The van der Waals surface area contributed by atoms with Crippen LogP contribution in [0, 0.1) is 5.92 Å². The van der Waals surface area contributed by atoms with E-state index in [9.17, 15) is 4.79 Å². The third kappa shape index (κ3) is 3.25. The van der Waals surface area contributed by atoms with E-state index in [0.717, 1.165) is 52.2 Å². The average molecular weight is 373 g/mol. The molecule has 1 amide bonds. The van der Waals surface area contributed by atoms with Crippen molar-refractivity contribution >= 4 is 38.9 Å². The second-order valence-corrected chi connectivity index (χ2v) is 7.77. The summed E-state index contributed by atoms with van der Waals surface area (Å²) in [5.74, 6) is 0.00639. The van der Waals surface area contributed by atoms with Crippen molar-refractivity contribution in [2.75, 3.05) is 13.1 Å². The van der Waals surface area contributed by atoms with Gasteiger partial charge in [0, 0.05) is 15.3 Å². The molecule has 1 aliphatic rings. The predicted molar refractivity (Wildman–Crippen MR) is 101 cm³/mol. The van der Waals surface area contributed by atoms with E-state index in [-0.39, 0.29) is 5.69 Å². The predicted octanol–water partition coefficient (Wildman–Crippen LogP) is 3.26. The van der Waals surface area contributed by atoms with Crippen molar-refractivity contribution in [1.82, 2.24) is 15.5 Å². The van der Waals surface area contributed by atoms with Crippen molar-refractivity contribution in [3.8, 4) is 10.4 Å². The molecular weight excluding hydrogens is 356 g/mol. The minimum Gasteiger partial charge on any atom is -0.364 e. The summed E-state index contributed by atoms with van der Waals surface area (Å²) in [6, 6.07) is 9.74. The van der Waals surface area contributed by atoms with E-state index < -0.39 is 5.91 Å². The monoisotopic (exact) mass is 372 g/mol. The van der Waals surface area contributed by atoms with Crippen molar-refractivity contribution in [2.45, 2.75) is 12.8 Å². The lowest BCUT2D eigenvalue weighted by molar-refractivity contribution is 0.0996. The molecule has 0 bridgehead atoms. The Balaban J connectivity index is 1.82. The van der Waals surface area contributed by atoms with Gasteiger partial charge in [0.1, 0.15) is 0 Å². The molecule has 0 saturated carbocycles. The molecule has 5 nitrogen and oxygen atoms in total. The van der Waals surface area contributed by atoms with Gasteiger partial charge >= 0.3 is 0 Å². The fraction of sp³-hybridized carbons (Fsp3) is 0.278. The summed E-state index contributed by atoms with van der Waals surface area (Å²) < 4.78 is 0.813. The van der Waals surface area contributed by atoms with Gasteiger partial charge in [-0.25, -0.2) is 0 Å². The molecule has 1 aromatic carbocycles. The molecule has 0 unspecified atom stereocenters. The van der Waals surface area contributed by atoms with Crippen LogP contribution in [-0.4, -0.2) is 29.2 Å². The molecule has 25 heavy (non-hydrogen) atoms. The van der Waals surface area contributed by atoms with E-state index >= 15 is 0 Å². The smallest absolute Gasteiger partial charge is 0.270 e. The highest BCUT2D eigenvalue weighted by atomic mass is 35.5. The number of amides is 1.